The molecule has 0 aliphatic rings. The maximum absolute atomic E-state index is 13.0. The molecule has 2 rings (SSSR count). The number of carbonyl (C=O) groups excluding carboxylic acids is 2. The lowest BCUT2D eigenvalue weighted by Crippen LogP contribution is -2.50. The summed E-state index contributed by atoms with van der Waals surface area (Å²) in [6.45, 7) is 5.37. The zero-order valence-electron chi connectivity index (χ0n) is 17.1. The average molecular weight is 455 g/mol. The van der Waals surface area contributed by atoms with Crippen molar-refractivity contribution in [1.29, 1.82) is 0 Å². The summed E-state index contributed by atoms with van der Waals surface area (Å²) >= 11 is 12.1. The lowest BCUT2D eigenvalue weighted by molar-refractivity contribution is -0.142. The van der Waals surface area contributed by atoms with Gasteiger partial charge in [0, 0.05) is 12.6 Å². The van der Waals surface area contributed by atoms with E-state index in [1.807, 2.05) is 13.8 Å². The van der Waals surface area contributed by atoms with Gasteiger partial charge in [0.2, 0.25) is 5.91 Å². The lowest BCUT2D eigenvalue weighted by Gasteiger charge is -2.29. The molecular weight excluding hydrogens is 430 g/mol. The summed E-state index contributed by atoms with van der Waals surface area (Å²) < 4.78 is 18.5. The van der Waals surface area contributed by atoms with Crippen molar-refractivity contribution < 1.29 is 18.7 Å². The van der Waals surface area contributed by atoms with Crippen molar-refractivity contribution >= 4 is 35.0 Å². The Balaban J connectivity index is 2.17. The predicted molar refractivity (Wildman–Crippen MR) is 116 cm³/mol. The Morgan fingerprint density at radius 2 is 1.77 bits per heavy atom. The molecule has 162 valence electrons. The van der Waals surface area contributed by atoms with E-state index in [1.54, 1.807) is 25.1 Å². The third kappa shape index (κ3) is 6.89. The van der Waals surface area contributed by atoms with Crippen LogP contribution in [0.15, 0.2) is 42.5 Å². The van der Waals surface area contributed by atoms with Crippen molar-refractivity contribution in [2.45, 2.75) is 45.8 Å². The molecule has 1 N–H and O–H groups in total. The van der Waals surface area contributed by atoms with Crippen LogP contribution in [0.25, 0.3) is 0 Å². The van der Waals surface area contributed by atoms with Crippen molar-refractivity contribution in [3.63, 3.8) is 0 Å². The molecule has 0 saturated heterocycles. The molecule has 2 amide bonds. The number of carbonyl (C=O) groups is 2. The Bertz CT molecular complexity index is 877. The van der Waals surface area contributed by atoms with E-state index in [1.165, 1.54) is 29.2 Å². The highest BCUT2D eigenvalue weighted by Crippen LogP contribution is 2.24. The smallest absolute Gasteiger partial charge is 0.261 e. The highest BCUT2D eigenvalue weighted by atomic mass is 35.5. The molecule has 0 fully saturated rings. The molecule has 0 aromatic heterocycles. The first-order chi connectivity index (χ1) is 14.2. The summed E-state index contributed by atoms with van der Waals surface area (Å²) in [5.74, 6) is -0.696. The molecule has 5 nitrogen and oxygen atoms in total. The third-order valence-electron chi connectivity index (χ3n) is 4.68. The van der Waals surface area contributed by atoms with E-state index in [0.717, 1.165) is 12.0 Å². The Morgan fingerprint density at radius 1 is 1.10 bits per heavy atom. The fourth-order valence-corrected chi connectivity index (χ4v) is 2.96. The van der Waals surface area contributed by atoms with E-state index in [-0.39, 0.29) is 25.1 Å². The van der Waals surface area contributed by atoms with Gasteiger partial charge in [-0.1, -0.05) is 36.2 Å². The molecule has 0 radical (unpaired) electrons. The van der Waals surface area contributed by atoms with E-state index in [4.69, 9.17) is 27.9 Å². The molecule has 2 atom stereocenters. The van der Waals surface area contributed by atoms with Crippen LogP contribution in [0.1, 0.15) is 32.8 Å². The largest absolute Gasteiger partial charge is 0.484 e. The first kappa shape index (κ1) is 24.0. The zero-order chi connectivity index (χ0) is 22.3. The lowest BCUT2D eigenvalue weighted by atomic mass is 10.1. The maximum atomic E-state index is 13.0. The standard InChI is InChI=1S/C22H25Cl2FN2O3/c1-4-14(2)26-22(29)15(3)27(12-16-5-10-19(23)20(24)11-16)21(28)13-30-18-8-6-17(25)7-9-18/h5-11,14-15H,4,12-13H2,1-3H3,(H,26,29). The van der Waals surface area contributed by atoms with Gasteiger partial charge >= 0.3 is 0 Å². The Morgan fingerprint density at radius 3 is 2.37 bits per heavy atom. The summed E-state index contributed by atoms with van der Waals surface area (Å²) in [6.07, 6.45) is 0.771. The van der Waals surface area contributed by atoms with Gasteiger partial charge in [-0.25, -0.2) is 4.39 Å². The summed E-state index contributed by atoms with van der Waals surface area (Å²) in [6, 6.07) is 9.65. The number of hydrogen-bond acceptors (Lipinski definition) is 3. The fourth-order valence-electron chi connectivity index (χ4n) is 2.64. The van der Waals surface area contributed by atoms with E-state index >= 15 is 0 Å². The van der Waals surface area contributed by atoms with Gasteiger partial charge in [-0.15, -0.1) is 0 Å². The monoisotopic (exact) mass is 454 g/mol. The molecule has 2 aromatic rings. The Labute approximate surface area is 186 Å². The molecule has 8 heteroatoms. The van der Waals surface area contributed by atoms with E-state index in [2.05, 4.69) is 5.32 Å². The van der Waals surface area contributed by atoms with Crippen LogP contribution in [-0.2, 0) is 16.1 Å². The van der Waals surface area contributed by atoms with Crippen LogP contribution in [0.3, 0.4) is 0 Å². The molecule has 0 aliphatic carbocycles. The number of nitrogens with zero attached hydrogens (tertiary/aromatic N) is 1. The van der Waals surface area contributed by atoms with E-state index < -0.39 is 17.8 Å². The van der Waals surface area contributed by atoms with Gasteiger partial charge in [-0.2, -0.15) is 0 Å². The molecule has 2 unspecified atom stereocenters. The van der Waals surface area contributed by atoms with Crippen molar-refractivity contribution in [2.24, 2.45) is 0 Å². The summed E-state index contributed by atoms with van der Waals surface area (Å²) in [5.41, 5.74) is 0.725. The quantitative estimate of drug-likeness (QED) is 0.589. The van der Waals surface area contributed by atoms with Crippen LogP contribution in [-0.4, -0.2) is 35.4 Å². The van der Waals surface area contributed by atoms with Gasteiger partial charge in [0.15, 0.2) is 6.61 Å². The second-order valence-corrected chi connectivity index (χ2v) is 7.82. The predicted octanol–water partition coefficient (Wildman–Crippen LogP) is 4.84. The Kier molecular flexibility index (Phi) is 8.93. The number of halogens is 3. The van der Waals surface area contributed by atoms with Crippen LogP contribution >= 0.6 is 23.2 Å². The van der Waals surface area contributed by atoms with Crippen LogP contribution in [0.5, 0.6) is 5.75 Å². The van der Waals surface area contributed by atoms with E-state index in [0.29, 0.717) is 15.8 Å². The molecule has 0 bridgehead atoms. The highest BCUT2D eigenvalue weighted by molar-refractivity contribution is 6.42. The van der Waals surface area contributed by atoms with Crippen LogP contribution < -0.4 is 10.1 Å². The van der Waals surface area contributed by atoms with Crippen LogP contribution in [0, 0.1) is 5.82 Å². The van der Waals surface area contributed by atoms with Gasteiger partial charge < -0.3 is 15.0 Å². The molecule has 0 heterocycles. The van der Waals surface area contributed by atoms with Gasteiger partial charge in [-0.05, 0) is 62.2 Å². The number of rotatable bonds is 9. The zero-order valence-corrected chi connectivity index (χ0v) is 18.6. The molecular formula is C22H25Cl2FN2O3. The summed E-state index contributed by atoms with van der Waals surface area (Å²) in [4.78, 5) is 27.0. The van der Waals surface area contributed by atoms with Gasteiger partial charge in [0.05, 0.1) is 10.0 Å². The second-order valence-electron chi connectivity index (χ2n) is 7.01. The average Bonchev–Trinajstić information content (AvgIpc) is 2.73. The third-order valence-corrected chi connectivity index (χ3v) is 5.42. The van der Waals surface area contributed by atoms with Crippen molar-refractivity contribution in [3.05, 3.63) is 63.9 Å². The minimum Gasteiger partial charge on any atom is -0.484 e. The van der Waals surface area contributed by atoms with Crippen molar-refractivity contribution in [2.75, 3.05) is 6.61 Å². The number of amides is 2. The van der Waals surface area contributed by atoms with Crippen molar-refractivity contribution in [1.82, 2.24) is 10.2 Å². The van der Waals surface area contributed by atoms with Crippen LogP contribution in [0.2, 0.25) is 10.0 Å². The van der Waals surface area contributed by atoms with E-state index in [9.17, 15) is 14.0 Å². The fraction of sp³-hybridized carbons (Fsp3) is 0.364. The molecule has 2 aromatic carbocycles. The maximum Gasteiger partial charge on any atom is 0.261 e. The number of nitrogens with one attached hydrogen (secondary N) is 1. The summed E-state index contributed by atoms with van der Waals surface area (Å²) in [7, 11) is 0. The normalized spacial score (nSPS) is 12.7. The first-order valence-electron chi connectivity index (χ1n) is 9.63. The molecule has 30 heavy (non-hydrogen) atoms. The minimum atomic E-state index is -0.738. The van der Waals surface area contributed by atoms with Crippen LogP contribution in [0.4, 0.5) is 4.39 Å². The minimum absolute atomic E-state index is 0.0163. The van der Waals surface area contributed by atoms with Gasteiger partial charge in [-0.3, -0.25) is 9.59 Å². The second kappa shape index (κ2) is 11.2. The molecule has 0 aliphatic heterocycles. The number of benzene rings is 2. The Hall–Kier alpha value is -2.31. The summed E-state index contributed by atoms with van der Waals surface area (Å²) in [5, 5.41) is 3.65. The SMILES string of the molecule is CCC(C)NC(=O)C(C)N(Cc1ccc(Cl)c(Cl)c1)C(=O)COc1ccc(F)cc1. The molecule has 0 saturated carbocycles. The highest BCUT2D eigenvalue weighted by Gasteiger charge is 2.27. The first-order valence-corrected chi connectivity index (χ1v) is 10.4. The van der Waals surface area contributed by atoms with Gasteiger partial charge in [0.25, 0.3) is 5.91 Å². The topological polar surface area (TPSA) is 58.6 Å². The number of hydrogen-bond donors (Lipinski definition) is 1. The van der Waals surface area contributed by atoms with Gasteiger partial charge in [0.1, 0.15) is 17.6 Å². The molecule has 0 spiro atoms. The van der Waals surface area contributed by atoms with Crippen molar-refractivity contribution in [3.8, 4) is 5.75 Å². The number of ether oxygens (including phenoxy) is 1.